The van der Waals surface area contributed by atoms with Crippen LogP contribution < -0.4 is 5.32 Å². The van der Waals surface area contributed by atoms with Crippen LogP contribution in [0.15, 0.2) is 36.4 Å². The van der Waals surface area contributed by atoms with Crippen molar-refractivity contribution in [3.05, 3.63) is 53.1 Å². The highest BCUT2D eigenvalue weighted by Crippen LogP contribution is 2.26. The Labute approximate surface area is 127 Å². The first-order valence-corrected chi connectivity index (χ1v) is 6.95. The van der Waals surface area contributed by atoms with Gasteiger partial charge in [0.25, 0.3) is 0 Å². The molecule has 3 rings (SSSR count). The lowest BCUT2D eigenvalue weighted by atomic mass is 10.00. The molecule has 1 aliphatic heterocycles. The van der Waals surface area contributed by atoms with Crippen LogP contribution in [0, 0.1) is 0 Å². The number of phenolic OH excluding ortho intramolecular Hbond substituents is 2. The second-order valence-electron chi connectivity index (χ2n) is 5.43. The topological polar surface area (TPSA) is 86.6 Å². The number of phenols is 2. The molecule has 3 N–H and O–H groups in total. The number of carbonyl (C=O) groups is 2. The van der Waals surface area contributed by atoms with Crippen molar-refractivity contribution in [2.75, 3.05) is 5.32 Å². The predicted molar refractivity (Wildman–Crippen MR) is 81.0 cm³/mol. The molecule has 2 aromatic carbocycles. The van der Waals surface area contributed by atoms with Gasteiger partial charge in [-0.05, 0) is 34.9 Å². The van der Waals surface area contributed by atoms with E-state index in [0.29, 0.717) is 12.0 Å². The van der Waals surface area contributed by atoms with E-state index in [1.165, 1.54) is 12.1 Å². The number of Topliss-reactive ketones (excluding diaryl/α,β-unsaturated/α-hetero) is 1. The summed E-state index contributed by atoms with van der Waals surface area (Å²) in [6.45, 7) is 0. The zero-order valence-corrected chi connectivity index (χ0v) is 11.8. The predicted octanol–water partition coefficient (Wildman–Crippen LogP) is 1.95. The highest BCUT2D eigenvalue weighted by atomic mass is 16.3. The number of fused-ring (bicyclic) bond motifs is 1. The summed E-state index contributed by atoms with van der Waals surface area (Å²) in [6.07, 6.45) is 0.800. The lowest BCUT2D eigenvalue weighted by Gasteiger charge is -2.05. The van der Waals surface area contributed by atoms with Crippen molar-refractivity contribution in [1.82, 2.24) is 0 Å². The molecule has 5 nitrogen and oxygen atoms in total. The summed E-state index contributed by atoms with van der Waals surface area (Å²) >= 11 is 0. The molecule has 0 unspecified atom stereocenters. The van der Waals surface area contributed by atoms with Gasteiger partial charge in [-0.25, -0.2) is 0 Å². The van der Waals surface area contributed by atoms with E-state index in [0.717, 1.165) is 16.8 Å². The first-order valence-electron chi connectivity index (χ1n) is 6.95. The molecule has 0 saturated heterocycles. The van der Waals surface area contributed by atoms with Crippen LogP contribution in [-0.2, 0) is 28.9 Å². The molecule has 0 radical (unpaired) electrons. The molecule has 2 aromatic rings. The molecule has 0 fully saturated rings. The molecular weight excluding hydrogens is 282 g/mol. The van der Waals surface area contributed by atoms with Crippen molar-refractivity contribution < 1.29 is 19.8 Å². The number of rotatable bonds is 4. The maximum absolute atomic E-state index is 12.1. The summed E-state index contributed by atoms with van der Waals surface area (Å²) in [7, 11) is 0. The van der Waals surface area contributed by atoms with Gasteiger partial charge in [-0.1, -0.05) is 18.2 Å². The molecule has 1 amide bonds. The van der Waals surface area contributed by atoms with E-state index < -0.39 is 0 Å². The van der Waals surface area contributed by atoms with E-state index in [-0.39, 0.29) is 36.0 Å². The molecule has 1 heterocycles. The largest absolute Gasteiger partial charge is 0.504 e. The summed E-state index contributed by atoms with van der Waals surface area (Å²) in [5, 5.41) is 21.4. The summed E-state index contributed by atoms with van der Waals surface area (Å²) < 4.78 is 0. The average Bonchev–Trinajstić information content (AvgIpc) is 2.82. The fourth-order valence-corrected chi connectivity index (χ4v) is 2.59. The maximum Gasteiger partial charge on any atom is 0.228 e. The minimum absolute atomic E-state index is 0.00215. The van der Waals surface area contributed by atoms with Crippen LogP contribution in [0.1, 0.15) is 16.7 Å². The van der Waals surface area contributed by atoms with Gasteiger partial charge in [0, 0.05) is 18.5 Å². The van der Waals surface area contributed by atoms with Crippen LogP contribution >= 0.6 is 0 Å². The number of benzene rings is 2. The summed E-state index contributed by atoms with van der Waals surface area (Å²) in [4.78, 5) is 23.4. The van der Waals surface area contributed by atoms with Crippen molar-refractivity contribution >= 4 is 17.4 Å². The number of anilines is 1. The summed E-state index contributed by atoms with van der Waals surface area (Å²) in [5.74, 6) is -0.459. The zero-order chi connectivity index (χ0) is 15.7. The highest BCUT2D eigenvalue weighted by Gasteiger charge is 2.18. The number of aromatic hydroxyl groups is 2. The molecule has 0 saturated carbocycles. The molecule has 0 atom stereocenters. The number of hydrogen-bond acceptors (Lipinski definition) is 4. The molecule has 22 heavy (non-hydrogen) atoms. The fourth-order valence-electron chi connectivity index (χ4n) is 2.59. The number of nitrogens with one attached hydrogen (secondary N) is 1. The second-order valence-corrected chi connectivity index (χ2v) is 5.43. The Hall–Kier alpha value is -2.82. The number of hydrogen-bond donors (Lipinski definition) is 3. The van der Waals surface area contributed by atoms with Crippen LogP contribution in [0.5, 0.6) is 11.5 Å². The maximum atomic E-state index is 12.1. The molecular formula is C17H15NO4. The number of ketones is 1. The van der Waals surface area contributed by atoms with Crippen molar-refractivity contribution in [3.8, 4) is 11.5 Å². The van der Waals surface area contributed by atoms with Gasteiger partial charge in [-0.3, -0.25) is 9.59 Å². The van der Waals surface area contributed by atoms with Gasteiger partial charge in [-0.15, -0.1) is 0 Å². The number of amides is 1. The van der Waals surface area contributed by atoms with E-state index in [1.54, 1.807) is 6.07 Å². The molecule has 0 spiro atoms. The number of carbonyl (C=O) groups excluding carboxylic acids is 2. The zero-order valence-electron chi connectivity index (χ0n) is 11.8. The Bertz CT molecular complexity index is 767. The third kappa shape index (κ3) is 2.93. The Kier molecular flexibility index (Phi) is 3.55. The molecule has 112 valence electrons. The first kappa shape index (κ1) is 14.1. The normalized spacial score (nSPS) is 12.8. The molecule has 5 heteroatoms. The van der Waals surface area contributed by atoms with Crippen LogP contribution in [-0.4, -0.2) is 21.9 Å². The van der Waals surface area contributed by atoms with Gasteiger partial charge in [0.05, 0.1) is 6.42 Å². The van der Waals surface area contributed by atoms with E-state index in [9.17, 15) is 19.8 Å². The quantitative estimate of drug-likeness (QED) is 0.753. The lowest BCUT2D eigenvalue weighted by Crippen LogP contribution is -2.06. The van der Waals surface area contributed by atoms with Gasteiger partial charge in [-0.2, -0.15) is 0 Å². The van der Waals surface area contributed by atoms with Gasteiger partial charge in [0.2, 0.25) is 5.91 Å². The van der Waals surface area contributed by atoms with Crippen molar-refractivity contribution in [1.29, 1.82) is 0 Å². The molecule has 0 aromatic heterocycles. The first-order chi connectivity index (χ1) is 10.5. The molecule has 0 aliphatic carbocycles. The van der Waals surface area contributed by atoms with E-state index in [4.69, 9.17) is 0 Å². The lowest BCUT2D eigenvalue weighted by molar-refractivity contribution is -0.118. The monoisotopic (exact) mass is 297 g/mol. The summed E-state index contributed by atoms with van der Waals surface area (Å²) in [5.41, 5.74) is 3.24. The Morgan fingerprint density at radius 3 is 2.41 bits per heavy atom. The van der Waals surface area contributed by atoms with Gasteiger partial charge >= 0.3 is 0 Å². The Morgan fingerprint density at radius 1 is 1.00 bits per heavy atom. The van der Waals surface area contributed by atoms with Crippen molar-refractivity contribution in [2.45, 2.75) is 19.3 Å². The van der Waals surface area contributed by atoms with Gasteiger partial charge in [0.15, 0.2) is 11.5 Å². The van der Waals surface area contributed by atoms with Crippen LogP contribution in [0.3, 0.4) is 0 Å². The van der Waals surface area contributed by atoms with E-state index >= 15 is 0 Å². The standard InChI is InChI=1S/C17H15NO4/c19-13(7-11-2-4-15(20)16(21)8-11)6-10-1-3-14-12(5-10)9-17(22)18-14/h1-5,8,20-21H,6-7,9H2,(H,18,22). The average molecular weight is 297 g/mol. The fraction of sp³-hybridized carbons (Fsp3) is 0.176. The van der Waals surface area contributed by atoms with Crippen molar-refractivity contribution in [3.63, 3.8) is 0 Å². The Morgan fingerprint density at radius 2 is 1.68 bits per heavy atom. The van der Waals surface area contributed by atoms with Gasteiger partial charge in [0.1, 0.15) is 5.78 Å². The summed E-state index contributed by atoms with van der Waals surface area (Å²) in [6, 6.07) is 9.88. The van der Waals surface area contributed by atoms with Gasteiger partial charge < -0.3 is 15.5 Å². The van der Waals surface area contributed by atoms with E-state index in [1.807, 2.05) is 18.2 Å². The smallest absolute Gasteiger partial charge is 0.228 e. The highest BCUT2D eigenvalue weighted by molar-refractivity contribution is 5.99. The molecule has 0 bridgehead atoms. The minimum Gasteiger partial charge on any atom is -0.504 e. The van der Waals surface area contributed by atoms with Crippen LogP contribution in [0.4, 0.5) is 5.69 Å². The van der Waals surface area contributed by atoms with E-state index in [2.05, 4.69) is 5.32 Å². The Balaban J connectivity index is 1.68. The SMILES string of the molecule is O=C(Cc1ccc(O)c(O)c1)Cc1ccc2c(c1)CC(=O)N2. The minimum atomic E-state index is -0.229. The third-order valence-electron chi connectivity index (χ3n) is 3.64. The third-order valence-corrected chi connectivity index (χ3v) is 3.64. The van der Waals surface area contributed by atoms with Crippen LogP contribution in [0.2, 0.25) is 0 Å². The molecule has 1 aliphatic rings. The second kappa shape index (κ2) is 5.52. The van der Waals surface area contributed by atoms with Crippen molar-refractivity contribution in [2.24, 2.45) is 0 Å². The van der Waals surface area contributed by atoms with Crippen LogP contribution in [0.25, 0.3) is 0 Å².